The molecule has 0 atom stereocenters. The highest BCUT2D eigenvalue weighted by atomic mass is 32.2. The van der Waals surface area contributed by atoms with Gasteiger partial charge in [-0.3, -0.25) is 9.89 Å². The summed E-state index contributed by atoms with van der Waals surface area (Å²) in [6.45, 7) is 5.22. The fourth-order valence-electron chi connectivity index (χ4n) is 3.41. The standard InChI is InChI=1S/C18H24N4O5S2/c1-13-18(14(2)20-19-13)29(26,27)22-10-4-9-21(11-12-22)28(24,25)17-7-5-16(6-8-17)15(3)23/h5-8H,4,9-12H2,1-3H3,(H,19,20). The van der Waals surface area contributed by atoms with Crippen molar-refractivity contribution in [1.82, 2.24) is 18.8 Å². The van der Waals surface area contributed by atoms with E-state index in [2.05, 4.69) is 10.2 Å². The second kappa shape index (κ2) is 7.98. The first-order valence-electron chi connectivity index (χ1n) is 9.18. The quantitative estimate of drug-likeness (QED) is 0.700. The third-order valence-corrected chi connectivity index (χ3v) is 9.05. The highest BCUT2D eigenvalue weighted by Crippen LogP contribution is 2.24. The van der Waals surface area contributed by atoms with Gasteiger partial charge in [0.1, 0.15) is 4.90 Å². The molecule has 2 heterocycles. The Balaban J connectivity index is 1.81. The molecule has 0 amide bonds. The normalized spacial score (nSPS) is 17.2. The van der Waals surface area contributed by atoms with Gasteiger partial charge in [-0.05, 0) is 39.3 Å². The summed E-state index contributed by atoms with van der Waals surface area (Å²) in [5.74, 6) is -0.144. The number of benzene rings is 1. The molecule has 1 aromatic heterocycles. The van der Waals surface area contributed by atoms with Crippen LogP contribution in [-0.2, 0) is 20.0 Å². The third-order valence-electron chi connectivity index (χ3n) is 4.97. The maximum atomic E-state index is 13.0. The molecule has 29 heavy (non-hydrogen) atoms. The Morgan fingerprint density at radius 2 is 1.48 bits per heavy atom. The average Bonchev–Trinajstić information content (AvgIpc) is 2.87. The van der Waals surface area contributed by atoms with E-state index in [4.69, 9.17) is 0 Å². The first-order valence-corrected chi connectivity index (χ1v) is 12.1. The lowest BCUT2D eigenvalue weighted by Crippen LogP contribution is -2.37. The number of nitrogens with one attached hydrogen (secondary N) is 1. The molecule has 3 rings (SSSR count). The number of aromatic amines is 1. The number of hydrogen-bond donors (Lipinski definition) is 1. The summed E-state index contributed by atoms with van der Waals surface area (Å²) in [6, 6.07) is 5.77. The minimum Gasteiger partial charge on any atom is -0.295 e. The summed E-state index contributed by atoms with van der Waals surface area (Å²) in [4.78, 5) is 11.6. The maximum Gasteiger partial charge on any atom is 0.246 e. The van der Waals surface area contributed by atoms with Crippen molar-refractivity contribution in [1.29, 1.82) is 0 Å². The molecule has 158 valence electrons. The number of sulfonamides is 2. The van der Waals surface area contributed by atoms with E-state index in [9.17, 15) is 21.6 Å². The minimum atomic E-state index is -3.78. The largest absolute Gasteiger partial charge is 0.295 e. The number of rotatable bonds is 5. The Labute approximate surface area is 170 Å². The van der Waals surface area contributed by atoms with Gasteiger partial charge in [0.2, 0.25) is 20.0 Å². The summed E-state index contributed by atoms with van der Waals surface area (Å²) in [6.07, 6.45) is 0.375. The molecule has 0 spiro atoms. The van der Waals surface area contributed by atoms with Crippen LogP contribution in [0.5, 0.6) is 0 Å². The van der Waals surface area contributed by atoms with Crippen LogP contribution in [-0.4, -0.2) is 67.6 Å². The first kappa shape index (κ1) is 21.6. The van der Waals surface area contributed by atoms with Gasteiger partial charge >= 0.3 is 0 Å². The number of nitrogens with zero attached hydrogens (tertiary/aromatic N) is 3. The van der Waals surface area contributed by atoms with Gasteiger partial charge in [-0.25, -0.2) is 16.8 Å². The number of carbonyl (C=O) groups is 1. The number of carbonyl (C=O) groups excluding carboxylic acids is 1. The van der Waals surface area contributed by atoms with E-state index in [1.807, 2.05) is 0 Å². The molecule has 1 aliphatic heterocycles. The van der Waals surface area contributed by atoms with Crippen LogP contribution in [0.3, 0.4) is 0 Å². The maximum absolute atomic E-state index is 13.0. The number of aryl methyl sites for hydroxylation is 2. The summed E-state index contributed by atoms with van der Waals surface area (Å²) in [7, 11) is -7.56. The summed E-state index contributed by atoms with van der Waals surface area (Å²) in [5.41, 5.74) is 1.28. The summed E-state index contributed by atoms with van der Waals surface area (Å²) in [5, 5.41) is 6.63. The second-order valence-electron chi connectivity index (χ2n) is 7.01. The Kier molecular flexibility index (Phi) is 5.95. The highest BCUT2D eigenvalue weighted by molar-refractivity contribution is 7.89. The van der Waals surface area contributed by atoms with Crippen LogP contribution in [0.15, 0.2) is 34.1 Å². The van der Waals surface area contributed by atoms with E-state index >= 15 is 0 Å². The number of Topliss-reactive ketones (excluding diaryl/α,β-unsaturated/α-hetero) is 1. The van der Waals surface area contributed by atoms with Gasteiger partial charge in [-0.1, -0.05) is 12.1 Å². The predicted octanol–water partition coefficient (Wildman–Crippen LogP) is 1.31. The van der Waals surface area contributed by atoms with Crippen LogP contribution in [0.4, 0.5) is 0 Å². The van der Waals surface area contributed by atoms with Crippen LogP contribution >= 0.6 is 0 Å². The van der Waals surface area contributed by atoms with E-state index in [-0.39, 0.29) is 41.8 Å². The molecule has 0 bridgehead atoms. The molecule has 1 N–H and O–H groups in total. The molecule has 0 radical (unpaired) electrons. The fraction of sp³-hybridized carbons (Fsp3) is 0.444. The van der Waals surface area contributed by atoms with Gasteiger partial charge in [0, 0.05) is 31.7 Å². The fourth-order valence-corrected chi connectivity index (χ4v) is 6.68. The Hall–Kier alpha value is -2.08. The Morgan fingerprint density at radius 3 is 1.97 bits per heavy atom. The minimum absolute atomic E-state index is 0.0476. The average molecular weight is 441 g/mol. The number of aromatic nitrogens is 2. The topological polar surface area (TPSA) is 121 Å². The summed E-state index contributed by atoms with van der Waals surface area (Å²) >= 11 is 0. The Bertz CT molecular complexity index is 1100. The summed E-state index contributed by atoms with van der Waals surface area (Å²) < 4.78 is 54.6. The number of hydrogen-bond acceptors (Lipinski definition) is 6. The zero-order valence-electron chi connectivity index (χ0n) is 16.5. The van der Waals surface area contributed by atoms with Crippen LogP contribution in [0, 0.1) is 13.8 Å². The Morgan fingerprint density at radius 1 is 0.931 bits per heavy atom. The van der Waals surface area contributed by atoms with Crippen molar-refractivity contribution in [2.75, 3.05) is 26.2 Å². The van der Waals surface area contributed by atoms with E-state index in [0.717, 1.165) is 0 Å². The molecule has 0 unspecified atom stereocenters. The van der Waals surface area contributed by atoms with Gasteiger partial charge in [0.15, 0.2) is 5.78 Å². The number of H-pyrrole nitrogens is 1. The smallest absolute Gasteiger partial charge is 0.246 e. The van der Waals surface area contributed by atoms with Crippen molar-refractivity contribution in [2.24, 2.45) is 0 Å². The van der Waals surface area contributed by atoms with E-state index in [1.165, 1.54) is 39.8 Å². The molecular formula is C18H24N4O5S2. The van der Waals surface area contributed by atoms with Crippen molar-refractivity contribution in [2.45, 2.75) is 37.0 Å². The van der Waals surface area contributed by atoms with Crippen LogP contribution in [0.1, 0.15) is 35.1 Å². The zero-order chi connectivity index (χ0) is 21.4. The molecule has 0 saturated carbocycles. The van der Waals surface area contributed by atoms with E-state index < -0.39 is 20.0 Å². The van der Waals surface area contributed by atoms with Crippen LogP contribution < -0.4 is 0 Å². The first-order chi connectivity index (χ1) is 13.5. The lowest BCUT2D eigenvalue weighted by atomic mass is 10.2. The predicted molar refractivity (Wildman–Crippen MR) is 107 cm³/mol. The van der Waals surface area contributed by atoms with Crippen LogP contribution in [0.25, 0.3) is 0 Å². The van der Waals surface area contributed by atoms with Gasteiger partial charge in [-0.15, -0.1) is 0 Å². The van der Waals surface area contributed by atoms with Crippen molar-refractivity contribution < 1.29 is 21.6 Å². The van der Waals surface area contributed by atoms with Crippen molar-refractivity contribution in [3.8, 4) is 0 Å². The molecule has 11 heteroatoms. The zero-order valence-corrected chi connectivity index (χ0v) is 18.2. The van der Waals surface area contributed by atoms with Gasteiger partial charge in [0.05, 0.1) is 16.3 Å². The second-order valence-corrected chi connectivity index (χ2v) is 10.8. The monoisotopic (exact) mass is 440 g/mol. The molecule has 1 aliphatic rings. The molecule has 2 aromatic rings. The molecule has 0 aliphatic carbocycles. The van der Waals surface area contributed by atoms with Crippen molar-refractivity contribution >= 4 is 25.8 Å². The lowest BCUT2D eigenvalue weighted by Gasteiger charge is -2.22. The third kappa shape index (κ3) is 4.13. The van der Waals surface area contributed by atoms with E-state index in [0.29, 0.717) is 23.4 Å². The molecule has 9 nitrogen and oxygen atoms in total. The molecule has 1 aromatic carbocycles. The van der Waals surface area contributed by atoms with Gasteiger partial charge < -0.3 is 0 Å². The van der Waals surface area contributed by atoms with E-state index in [1.54, 1.807) is 13.8 Å². The molecule has 1 saturated heterocycles. The van der Waals surface area contributed by atoms with Gasteiger partial charge in [0.25, 0.3) is 0 Å². The van der Waals surface area contributed by atoms with Crippen molar-refractivity contribution in [3.63, 3.8) is 0 Å². The SMILES string of the molecule is CC(=O)c1ccc(S(=O)(=O)N2CCCN(S(=O)(=O)c3c(C)n[nH]c3C)CC2)cc1. The number of ketones is 1. The van der Waals surface area contributed by atoms with Gasteiger partial charge in [-0.2, -0.15) is 13.7 Å². The van der Waals surface area contributed by atoms with Crippen LogP contribution in [0.2, 0.25) is 0 Å². The molecule has 1 fully saturated rings. The lowest BCUT2D eigenvalue weighted by molar-refractivity contribution is 0.101. The van der Waals surface area contributed by atoms with Crippen molar-refractivity contribution in [3.05, 3.63) is 41.2 Å². The highest BCUT2D eigenvalue weighted by Gasteiger charge is 2.34. The molecular weight excluding hydrogens is 416 g/mol.